The zero-order valence-electron chi connectivity index (χ0n) is 16.8. The minimum Gasteiger partial charge on any atom is -0.298 e. The molecule has 0 spiro atoms. The first kappa shape index (κ1) is 19.9. The maximum atomic E-state index is 14.5. The van der Waals surface area contributed by atoms with Crippen LogP contribution in [0.15, 0.2) is 30.3 Å². The van der Waals surface area contributed by atoms with Gasteiger partial charge in [-0.2, -0.15) is 0 Å². The molecule has 0 aliphatic heterocycles. The van der Waals surface area contributed by atoms with Gasteiger partial charge in [-0.05, 0) is 78.8 Å². The predicted molar refractivity (Wildman–Crippen MR) is 111 cm³/mol. The van der Waals surface area contributed by atoms with Gasteiger partial charge in [0.15, 0.2) is 11.6 Å². The lowest BCUT2D eigenvalue weighted by molar-refractivity contribution is -0.129. The molecule has 4 saturated carbocycles. The van der Waals surface area contributed by atoms with Crippen LogP contribution in [0.3, 0.4) is 0 Å². The van der Waals surface area contributed by atoms with E-state index in [9.17, 15) is 18.4 Å². The molecule has 6 rings (SSSR count). The molecule has 4 aliphatic carbocycles. The number of hydrogen-bond donors (Lipinski definition) is 0. The molecule has 0 N–H and O–H groups in total. The predicted octanol–water partition coefficient (Wildman–Crippen LogP) is 6.14. The van der Waals surface area contributed by atoms with Crippen molar-refractivity contribution in [1.29, 1.82) is 0 Å². The van der Waals surface area contributed by atoms with Crippen molar-refractivity contribution >= 4 is 23.2 Å². The Kier molecular flexibility index (Phi) is 4.81. The number of carbonyl (C=O) groups is 2. The Labute approximate surface area is 179 Å². The molecule has 0 aromatic heterocycles. The van der Waals surface area contributed by atoms with E-state index in [2.05, 4.69) is 0 Å². The normalized spacial score (nSPS) is 30.1. The third-order valence-electron chi connectivity index (χ3n) is 7.58. The summed E-state index contributed by atoms with van der Waals surface area (Å²) >= 11 is 5.76. The molecular formula is C25H23ClF2O2. The topological polar surface area (TPSA) is 34.1 Å². The molecule has 2 nitrogen and oxygen atoms in total. The quantitative estimate of drug-likeness (QED) is 0.550. The molecule has 0 radical (unpaired) electrons. The molecule has 4 fully saturated rings. The highest BCUT2D eigenvalue weighted by Gasteiger charge is 2.59. The van der Waals surface area contributed by atoms with Crippen LogP contribution >= 0.6 is 11.6 Å². The molecule has 4 aliphatic rings. The van der Waals surface area contributed by atoms with E-state index < -0.39 is 17.6 Å². The number of halogens is 3. The number of benzene rings is 2. The van der Waals surface area contributed by atoms with Crippen LogP contribution in [0.1, 0.15) is 49.7 Å². The summed E-state index contributed by atoms with van der Waals surface area (Å²) in [5, 5.41) is -0.0140. The van der Waals surface area contributed by atoms with Gasteiger partial charge in [0, 0.05) is 16.9 Å². The highest BCUT2D eigenvalue weighted by atomic mass is 35.5. The van der Waals surface area contributed by atoms with Crippen molar-refractivity contribution in [3.8, 4) is 11.1 Å². The number of rotatable bonds is 3. The second kappa shape index (κ2) is 7.26. The van der Waals surface area contributed by atoms with Crippen LogP contribution in [0, 0.1) is 35.3 Å². The molecule has 156 valence electrons. The minimum atomic E-state index is -0.811. The van der Waals surface area contributed by atoms with Crippen LogP contribution in [0.25, 0.3) is 11.1 Å². The average molecular weight is 429 g/mol. The van der Waals surface area contributed by atoms with Crippen LogP contribution in [0.2, 0.25) is 5.02 Å². The first-order valence-electron chi connectivity index (χ1n) is 10.8. The molecule has 2 atom stereocenters. The zero-order valence-corrected chi connectivity index (χ0v) is 17.5. The smallest absolute Gasteiger partial charge is 0.151 e. The van der Waals surface area contributed by atoms with Gasteiger partial charge in [-0.25, -0.2) is 8.78 Å². The minimum absolute atomic E-state index is 0.0140. The van der Waals surface area contributed by atoms with Gasteiger partial charge in [-0.15, -0.1) is 0 Å². The summed E-state index contributed by atoms with van der Waals surface area (Å²) in [6.45, 7) is 1.96. The fourth-order valence-corrected chi connectivity index (χ4v) is 6.45. The Bertz CT molecular complexity index is 1000. The van der Waals surface area contributed by atoms with E-state index in [0.29, 0.717) is 29.4 Å². The van der Waals surface area contributed by atoms with Gasteiger partial charge >= 0.3 is 0 Å². The summed E-state index contributed by atoms with van der Waals surface area (Å²) in [6, 6.07) is 7.23. The zero-order chi connectivity index (χ0) is 21.2. The lowest BCUT2D eigenvalue weighted by atomic mass is 9.59. The third kappa shape index (κ3) is 2.87. The van der Waals surface area contributed by atoms with Gasteiger partial charge in [-0.1, -0.05) is 30.7 Å². The summed E-state index contributed by atoms with van der Waals surface area (Å²) in [5.74, 6) is -2.03. The van der Waals surface area contributed by atoms with Crippen molar-refractivity contribution in [1.82, 2.24) is 0 Å². The van der Waals surface area contributed by atoms with Crippen molar-refractivity contribution in [2.75, 3.05) is 0 Å². The second-order valence-corrected chi connectivity index (χ2v) is 9.41. The summed E-state index contributed by atoms with van der Waals surface area (Å²) < 4.78 is 29.1. The SMILES string of the molecule is CCc1ccc(-c2c(F)cc(Cl)cc2F)cc1C1C(=O)C2C3CCC(CC3)C2C1=O. The van der Waals surface area contributed by atoms with Crippen molar-refractivity contribution in [2.45, 2.75) is 44.9 Å². The molecule has 0 saturated heterocycles. The lowest BCUT2D eigenvalue weighted by Crippen LogP contribution is -2.41. The van der Waals surface area contributed by atoms with Crippen molar-refractivity contribution in [2.24, 2.45) is 23.7 Å². The standard InChI is InChI=1S/C25H23ClF2O2/c1-2-12-3-8-15(20-18(27)10-16(26)11-19(20)28)9-17(12)23-24(29)21-13-4-5-14(7-6-13)22(21)25(23)30/h3,8-11,13-14,21-23H,2,4-7H2,1H3. The number of hydrogen-bond acceptors (Lipinski definition) is 2. The molecule has 2 bridgehead atoms. The van der Waals surface area contributed by atoms with E-state index in [0.717, 1.165) is 43.4 Å². The summed E-state index contributed by atoms with van der Waals surface area (Å²) in [7, 11) is 0. The molecule has 5 heteroatoms. The maximum Gasteiger partial charge on any atom is 0.151 e. The van der Waals surface area contributed by atoms with Gasteiger partial charge in [0.2, 0.25) is 0 Å². The first-order valence-corrected chi connectivity index (χ1v) is 11.1. The molecule has 0 amide bonds. The molecule has 2 aromatic carbocycles. The van der Waals surface area contributed by atoms with Gasteiger partial charge in [0.05, 0.1) is 5.56 Å². The molecule has 2 unspecified atom stereocenters. The van der Waals surface area contributed by atoms with E-state index >= 15 is 0 Å². The number of ketones is 2. The molecular weight excluding hydrogens is 406 g/mol. The first-order chi connectivity index (χ1) is 14.4. The van der Waals surface area contributed by atoms with Crippen molar-refractivity contribution in [3.63, 3.8) is 0 Å². The molecule has 0 heterocycles. The van der Waals surface area contributed by atoms with Crippen LogP contribution in [0.5, 0.6) is 0 Å². The van der Waals surface area contributed by atoms with Crippen LogP contribution in [0.4, 0.5) is 8.78 Å². The number of fused-ring (bicyclic) bond motifs is 2. The van der Waals surface area contributed by atoms with E-state index in [-0.39, 0.29) is 34.0 Å². The van der Waals surface area contributed by atoms with Crippen molar-refractivity contribution in [3.05, 3.63) is 58.1 Å². The van der Waals surface area contributed by atoms with Crippen LogP contribution in [-0.4, -0.2) is 11.6 Å². The van der Waals surface area contributed by atoms with Gasteiger partial charge in [0.1, 0.15) is 17.6 Å². The lowest BCUT2D eigenvalue weighted by Gasteiger charge is -2.43. The summed E-state index contributed by atoms with van der Waals surface area (Å²) in [6.07, 6.45) is 4.75. The number of Topliss-reactive ketones (excluding diaryl/α,β-unsaturated/α-hetero) is 2. The van der Waals surface area contributed by atoms with Gasteiger partial charge in [-0.3, -0.25) is 9.59 Å². The van der Waals surface area contributed by atoms with Crippen LogP contribution < -0.4 is 0 Å². The Balaban J connectivity index is 1.62. The third-order valence-corrected chi connectivity index (χ3v) is 7.80. The van der Waals surface area contributed by atoms with E-state index in [1.54, 1.807) is 18.2 Å². The highest BCUT2D eigenvalue weighted by molar-refractivity contribution is 6.30. The Morgan fingerprint density at radius 2 is 1.43 bits per heavy atom. The number of carbonyl (C=O) groups excluding carboxylic acids is 2. The molecule has 2 aromatic rings. The van der Waals surface area contributed by atoms with Crippen molar-refractivity contribution < 1.29 is 18.4 Å². The number of aryl methyl sites for hydroxylation is 1. The highest BCUT2D eigenvalue weighted by Crippen LogP contribution is 2.56. The van der Waals surface area contributed by atoms with E-state index in [1.807, 2.05) is 6.92 Å². The van der Waals surface area contributed by atoms with E-state index in [4.69, 9.17) is 11.6 Å². The maximum absolute atomic E-state index is 14.5. The second-order valence-electron chi connectivity index (χ2n) is 8.98. The fourth-order valence-electron chi connectivity index (χ4n) is 6.26. The Morgan fingerprint density at radius 1 is 0.900 bits per heavy atom. The van der Waals surface area contributed by atoms with Gasteiger partial charge in [0.25, 0.3) is 0 Å². The monoisotopic (exact) mass is 428 g/mol. The van der Waals surface area contributed by atoms with Crippen LogP contribution in [-0.2, 0) is 16.0 Å². The Hall–Kier alpha value is -2.07. The largest absolute Gasteiger partial charge is 0.298 e. The Morgan fingerprint density at radius 3 is 1.93 bits per heavy atom. The fraction of sp³-hybridized carbons (Fsp3) is 0.440. The van der Waals surface area contributed by atoms with E-state index in [1.165, 1.54) is 0 Å². The summed E-state index contributed by atoms with van der Waals surface area (Å²) in [4.78, 5) is 26.9. The van der Waals surface area contributed by atoms with Gasteiger partial charge < -0.3 is 0 Å². The molecule has 30 heavy (non-hydrogen) atoms. The summed E-state index contributed by atoms with van der Waals surface area (Å²) in [5.41, 5.74) is 1.64. The average Bonchev–Trinajstić information content (AvgIpc) is 3.00.